The Hall–Kier alpha value is -1.87. The summed E-state index contributed by atoms with van der Waals surface area (Å²) in [6.07, 6.45) is 7.03. The summed E-state index contributed by atoms with van der Waals surface area (Å²) in [6.45, 7) is 0.729. The first-order chi connectivity index (χ1) is 11.3. The molecular formula is C14H20N6O2S. The number of amides is 1. The molecular weight excluding hydrogens is 316 g/mol. The van der Waals surface area contributed by atoms with Crippen LogP contribution >= 0.6 is 11.8 Å². The van der Waals surface area contributed by atoms with Gasteiger partial charge in [-0.25, -0.2) is 15.0 Å². The van der Waals surface area contributed by atoms with Crippen molar-refractivity contribution in [3.05, 3.63) is 12.7 Å². The number of thioether (sulfide) groups is 1. The van der Waals surface area contributed by atoms with Crippen molar-refractivity contribution in [2.75, 3.05) is 23.8 Å². The average molecular weight is 336 g/mol. The summed E-state index contributed by atoms with van der Waals surface area (Å²) in [6, 6.07) is 0. The van der Waals surface area contributed by atoms with Crippen LogP contribution < -0.4 is 11.1 Å². The van der Waals surface area contributed by atoms with Crippen LogP contribution in [0.2, 0.25) is 0 Å². The van der Waals surface area contributed by atoms with Crippen molar-refractivity contribution in [2.24, 2.45) is 0 Å². The molecule has 1 amide bonds. The smallest absolute Gasteiger partial charge is 0.207 e. The minimum atomic E-state index is -0.0448. The average Bonchev–Trinajstić information content (AvgIpc) is 3.18. The van der Waals surface area contributed by atoms with E-state index in [2.05, 4.69) is 20.3 Å². The number of anilines is 1. The third kappa shape index (κ3) is 3.73. The molecule has 0 bridgehead atoms. The van der Waals surface area contributed by atoms with E-state index in [1.54, 1.807) is 6.33 Å². The van der Waals surface area contributed by atoms with Gasteiger partial charge in [0.15, 0.2) is 11.5 Å². The first kappa shape index (κ1) is 16.0. The number of nitrogens with one attached hydrogen (secondary N) is 1. The highest BCUT2D eigenvalue weighted by Crippen LogP contribution is 2.32. The van der Waals surface area contributed by atoms with Crippen molar-refractivity contribution in [1.29, 1.82) is 0 Å². The third-order valence-electron chi connectivity index (χ3n) is 3.78. The molecule has 2 aromatic rings. The molecule has 3 rings (SSSR count). The second-order valence-corrected chi connectivity index (χ2v) is 6.52. The van der Waals surface area contributed by atoms with Crippen LogP contribution in [-0.4, -0.2) is 50.1 Å². The SMILES string of the molecule is Nc1ncnc2c1ncn2C1CCC(CSCCCNC=O)O1. The predicted molar refractivity (Wildman–Crippen MR) is 88.9 cm³/mol. The maximum atomic E-state index is 10.1. The lowest BCUT2D eigenvalue weighted by atomic mass is 10.2. The number of nitrogen functional groups attached to an aromatic ring is 1. The maximum Gasteiger partial charge on any atom is 0.207 e. The van der Waals surface area contributed by atoms with E-state index in [9.17, 15) is 4.79 Å². The Kier molecular flexibility index (Phi) is 5.29. The maximum absolute atomic E-state index is 10.1. The van der Waals surface area contributed by atoms with Gasteiger partial charge in [-0.05, 0) is 25.0 Å². The Bertz CT molecular complexity index is 664. The lowest BCUT2D eigenvalue weighted by molar-refractivity contribution is -0.109. The molecule has 0 spiro atoms. The van der Waals surface area contributed by atoms with E-state index in [0.717, 1.165) is 49.4 Å². The van der Waals surface area contributed by atoms with Crippen LogP contribution in [0.3, 0.4) is 0 Å². The van der Waals surface area contributed by atoms with Crippen LogP contribution in [0.4, 0.5) is 5.82 Å². The summed E-state index contributed by atoms with van der Waals surface area (Å²) in [5, 5.41) is 2.67. The fraction of sp³-hybridized carbons (Fsp3) is 0.571. The number of ether oxygens (including phenoxy) is 1. The molecule has 1 aliphatic heterocycles. The van der Waals surface area contributed by atoms with Crippen LogP contribution in [0, 0.1) is 0 Å². The van der Waals surface area contributed by atoms with Gasteiger partial charge in [-0.1, -0.05) is 0 Å². The molecule has 2 aromatic heterocycles. The fourth-order valence-corrected chi connectivity index (χ4v) is 3.67. The largest absolute Gasteiger partial charge is 0.382 e. The van der Waals surface area contributed by atoms with Crippen molar-refractivity contribution in [1.82, 2.24) is 24.8 Å². The van der Waals surface area contributed by atoms with E-state index in [0.29, 0.717) is 11.3 Å². The topological polar surface area (TPSA) is 108 Å². The minimum Gasteiger partial charge on any atom is -0.382 e. The monoisotopic (exact) mass is 336 g/mol. The molecule has 2 atom stereocenters. The predicted octanol–water partition coefficient (Wildman–Crippen LogP) is 0.955. The molecule has 1 saturated heterocycles. The molecule has 1 aliphatic rings. The van der Waals surface area contributed by atoms with Crippen molar-refractivity contribution >= 4 is 35.2 Å². The van der Waals surface area contributed by atoms with Crippen molar-refractivity contribution in [3.8, 4) is 0 Å². The molecule has 9 heteroatoms. The van der Waals surface area contributed by atoms with Gasteiger partial charge in [0.25, 0.3) is 0 Å². The lowest BCUT2D eigenvalue weighted by Gasteiger charge is -2.15. The quantitative estimate of drug-likeness (QED) is 0.546. The zero-order chi connectivity index (χ0) is 16.1. The zero-order valence-corrected chi connectivity index (χ0v) is 13.5. The van der Waals surface area contributed by atoms with E-state index in [1.165, 1.54) is 6.33 Å². The normalized spacial score (nSPS) is 20.9. The highest BCUT2D eigenvalue weighted by atomic mass is 32.2. The summed E-state index contributed by atoms with van der Waals surface area (Å²) in [4.78, 5) is 22.6. The Balaban J connectivity index is 1.51. The minimum absolute atomic E-state index is 0.0448. The van der Waals surface area contributed by atoms with Crippen LogP contribution in [-0.2, 0) is 9.53 Å². The molecule has 2 unspecified atom stereocenters. The number of nitrogens with two attached hydrogens (primary N) is 1. The number of nitrogens with zero attached hydrogens (tertiary/aromatic N) is 4. The molecule has 0 radical (unpaired) electrons. The number of rotatable bonds is 8. The molecule has 3 heterocycles. The van der Waals surface area contributed by atoms with Crippen LogP contribution in [0.5, 0.6) is 0 Å². The number of carbonyl (C=O) groups excluding carboxylic acids is 1. The zero-order valence-electron chi connectivity index (χ0n) is 12.7. The number of aromatic nitrogens is 4. The molecule has 0 saturated carbocycles. The highest BCUT2D eigenvalue weighted by molar-refractivity contribution is 7.99. The van der Waals surface area contributed by atoms with Crippen molar-refractivity contribution in [3.63, 3.8) is 0 Å². The number of hydrogen-bond acceptors (Lipinski definition) is 7. The number of fused-ring (bicyclic) bond motifs is 1. The lowest BCUT2D eigenvalue weighted by Crippen LogP contribution is -2.15. The van der Waals surface area contributed by atoms with E-state index < -0.39 is 0 Å². The Morgan fingerprint density at radius 3 is 3.22 bits per heavy atom. The number of carbonyl (C=O) groups is 1. The first-order valence-corrected chi connectivity index (χ1v) is 8.78. The van der Waals surface area contributed by atoms with Crippen molar-refractivity contribution < 1.29 is 9.53 Å². The van der Waals surface area contributed by atoms with Gasteiger partial charge in [0.1, 0.15) is 18.1 Å². The van der Waals surface area contributed by atoms with Gasteiger partial charge in [0.05, 0.1) is 12.4 Å². The molecule has 8 nitrogen and oxygen atoms in total. The van der Waals surface area contributed by atoms with E-state index in [-0.39, 0.29) is 12.3 Å². The second kappa shape index (κ2) is 7.60. The standard InChI is InChI=1S/C14H20N6O2S/c15-13-12-14(18-7-17-13)20(8-19-12)11-3-2-10(22-11)6-23-5-1-4-16-9-21/h7-11H,1-6H2,(H,16,21)(H2,15,17,18). The summed E-state index contributed by atoms with van der Waals surface area (Å²) in [7, 11) is 0. The van der Waals surface area contributed by atoms with Crippen molar-refractivity contribution in [2.45, 2.75) is 31.6 Å². The van der Waals surface area contributed by atoms with Gasteiger partial charge in [0, 0.05) is 12.3 Å². The number of hydrogen-bond donors (Lipinski definition) is 2. The van der Waals surface area contributed by atoms with E-state index in [1.807, 2.05) is 16.3 Å². The van der Waals surface area contributed by atoms with Crippen LogP contribution in [0.15, 0.2) is 12.7 Å². The second-order valence-electron chi connectivity index (χ2n) is 5.37. The van der Waals surface area contributed by atoms with Gasteiger partial charge in [-0.3, -0.25) is 9.36 Å². The van der Waals surface area contributed by atoms with Crippen LogP contribution in [0.25, 0.3) is 11.2 Å². The van der Waals surface area contributed by atoms with Gasteiger partial charge < -0.3 is 15.8 Å². The van der Waals surface area contributed by atoms with Crippen LogP contribution in [0.1, 0.15) is 25.5 Å². The first-order valence-electron chi connectivity index (χ1n) is 7.63. The Labute approximate surface area is 138 Å². The Morgan fingerprint density at radius 2 is 2.35 bits per heavy atom. The molecule has 124 valence electrons. The summed E-state index contributed by atoms with van der Waals surface area (Å²) in [5.41, 5.74) is 7.15. The fourth-order valence-electron chi connectivity index (χ4n) is 2.64. The molecule has 0 aromatic carbocycles. The number of imidazole rings is 1. The molecule has 23 heavy (non-hydrogen) atoms. The van der Waals surface area contributed by atoms with Gasteiger partial charge in [0.2, 0.25) is 6.41 Å². The molecule has 3 N–H and O–H groups in total. The van der Waals surface area contributed by atoms with E-state index >= 15 is 0 Å². The highest BCUT2D eigenvalue weighted by Gasteiger charge is 2.28. The summed E-state index contributed by atoms with van der Waals surface area (Å²) in [5.74, 6) is 2.37. The molecule has 1 fully saturated rings. The summed E-state index contributed by atoms with van der Waals surface area (Å²) < 4.78 is 8.05. The summed E-state index contributed by atoms with van der Waals surface area (Å²) >= 11 is 1.85. The Morgan fingerprint density at radius 1 is 1.43 bits per heavy atom. The van der Waals surface area contributed by atoms with Gasteiger partial charge >= 0.3 is 0 Å². The van der Waals surface area contributed by atoms with Gasteiger partial charge in [-0.15, -0.1) is 0 Å². The third-order valence-corrected chi connectivity index (χ3v) is 4.96. The molecule has 0 aliphatic carbocycles. The van der Waals surface area contributed by atoms with Gasteiger partial charge in [-0.2, -0.15) is 11.8 Å². The van der Waals surface area contributed by atoms with E-state index in [4.69, 9.17) is 10.5 Å².